The van der Waals surface area contributed by atoms with Crippen LogP contribution in [0.15, 0.2) is 193 Å². The number of nitrogens with one attached hydrogen (secondary N) is 2. The van der Waals surface area contributed by atoms with Gasteiger partial charge in [-0.05, 0) is 99.3 Å². The van der Waals surface area contributed by atoms with Crippen molar-refractivity contribution in [2.24, 2.45) is 0 Å². The number of thiophene rings is 3. The van der Waals surface area contributed by atoms with Crippen molar-refractivity contribution in [3.63, 3.8) is 0 Å². The molecule has 0 radical (unpaired) electrons. The van der Waals surface area contributed by atoms with Crippen molar-refractivity contribution < 1.29 is 0 Å². The molecule has 8 heterocycles. The van der Waals surface area contributed by atoms with Crippen LogP contribution in [0.3, 0.4) is 0 Å². The maximum absolute atomic E-state index is 5.73. The van der Waals surface area contributed by atoms with Crippen LogP contribution >= 0.6 is 34.0 Å². The number of H-pyrrole nitrogens is 2. The summed E-state index contributed by atoms with van der Waals surface area (Å²) >= 11 is 5.41. The van der Waals surface area contributed by atoms with E-state index in [1.165, 1.54) is 25.1 Å². The van der Waals surface area contributed by atoms with Gasteiger partial charge in [0.1, 0.15) is 0 Å². The molecular weight excluding hydrogens is 849 g/mol. The molecule has 6 aromatic heterocycles. The van der Waals surface area contributed by atoms with E-state index in [4.69, 9.17) is 9.97 Å². The van der Waals surface area contributed by atoms with E-state index in [-0.39, 0.29) is 0 Å². The lowest BCUT2D eigenvalue weighted by Gasteiger charge is -2.08. The lowest BCUT2D eigenvalue weighted by Crippen LogP contribution is -1.90. The highest BCUT2D eigenvalue weighted by molar-refractivity contribution is 7.26. The zero-order valence-electron chi connectivity index (χ0n) is 34.9. The Bertz CT molecular complexity index is 3610. The highest BCUT2D eigenvalue weighted by Gasteiger charge is 2.22. The van der Waals surface area contributed by atoms with E-state index in [0.717, 1.165) is 94.9 Å². The molecule has 2 N–H and O–H groups in total. The summed E-state index contributed by atoms with van der Waals surface area (Å²) in [5, 5.41) is 4.31. The van der Waals surface area contributed by atoms with Crippen LogP contribution in [-0.2, 0) is 0 Å². The van der Waals surface area contributed by atoms with Gasteiger partial charge >= 0.3 is 0 Å². The van der Waals surface area contributed by atoms with Crippen LogP contribution in [0.2, 0.25) is 0 Å². The molecule has 65 heavy (non-hydrogen) atoms. The van der Waals surface area contributed by atoms with E-state index >= 15 is 0 Å². The Hall–Kier alpha value is -7.68. The predicted octanol–water partition coefficient (Wildman–Crippen LogP) is 16.9. The van der Waals surface area contributed by atoms with E-state index < -0.39 is 0 Å². The Morgan fingerprint density at radius 1 is 0.400 bits per heavy atom. The summed E-state index contributed by atoms with van der Waals surface area (Å²) in [5.74, 6) is 0. The number of nitrogens with zero attached hydrogens (tertiary/aromatic N) is 2. The first kappa shape index (κ1) is 39.0. The van der Waals surface area contributed by atoms with Crippen molar-refractivity contribution in [2.75, 3.05) is 0 Å². The molecule has 0 saturated carbocycles. The van der Waals surface area contributed by atoms with Crippen LogP contribution in [0.5, 0.6) is 0 Å². The van der Waals surface area contributed by atoms with Crippen molar-refractivity contribution in [3.05, 3.63) is 221 Å². The molecule has 7 heteroatoms. The molecule has 0 spiro atoms. The summed E-state index contributed by atoms with van der Waals surface area (Å²) < 4.78 is 0. The number of rotatable bonds is 8. The Kier molecular flexibility index (Phi) is 10.1. The fraction of sp³-hybridized carbons (Fsp3) is 0. The van der Waals surface area contributed by atoms with Crippen LogP contribution < -0.4 is 0 Å². The summed E-state index contributed by atoms with van der Waals surface area (Å²) in [6.07, 6.45) is 11.1. The Morgan fingerprint density at radius 2 is 0.862 bits per heavy atom. The minimum atomic E-state index is 0.876. The van der Waals surface area contributed by atoms with Crippen molar-refractivity contribution >= 4 is 86.0 Å². The highest BCUT2D eigenvalue weighted by Crippen LogP contribution is 2.44. The fourth-order valence-corrected chi connectivity index (χ4v) is 11.8. The van der Waals surface area contributed by atoms with Crippen molar-refractivity contribution in [2.45, 2.75) is 0 Å². The Balaban J connectivity index is 1.21. The van der Waals surface area contributed by atoms with Crippen molar-refractivity contribution in [1.29, 1.82) is 0 Å². The van der Waals surface area contributed by atoms with Crippen molar-refractivity contribution in [1.82, 2.24) is 19.9 Å². The highest BCUT2D eigenvalue weighted by atomic mass is 32.1. The van der Waals surface area contributed by atoms with Crippen LogP contribution in [-0.4, -0.2) is 19.9 Å². The molecule has 10 aromatic rings. The van der Waals surface area contributed by atoms with Gasteiger partial charge in [-0.2, -0.15) is 0 Å². The third-order valence-corrected chi connectivity index (χ3v) is 15.1. The third kappa shape index (κ3) is 7.35. The second-order valence-electron chi connectivity index (χ2n) is 15.9. The molecule has 0 atom stereocenters. The largest absolute Gasteiger partial charge is 0.354 e. The maximum atomic E-state index is 5.73. The lowest BCUT2D eigenvalue weighted by molar-refractivity contribution is 1.31. The second-order valence-corrected chi connectivity index (χ2v) is 18.8. The minimum absolute atomic E-state index is 0.876. The number of allylic oxidation sites excluding steroid dienone is 2. The number of hydrogen-bond donors (Lipinski definition) is 2. The number of aromatic nitrogens is 4. The number of hydrogen-bond acceptors (Lipinski definition) is 5. The molecule has 12 rings (SSSR count). The average molecular weight is 887 g/mol. The van der Waals surface area contributed by atoms with Gasteiger partial charge in [0.05, 0.1) is 27.7 Å². The average Bonchev–Trinajstić information content (AvgIpc) is 4.20. The first-order valence-corrected chi connectivity index (χ1v) is 24.1. The first-order valence-electron chi connectivity index (χ1n) is 21.5. The van der Waals surface area contributed by atoms with Crippen LogP contribution in [0.1, 0.15) is 28.3 Å². The second kappa shape index (κ2) is 16.8. The monoisotopic (exact) mass is 886 g/mol. The quantitative estimate of drug-likeness (QED) is 0.160. The number of aromatic amines is 2. The van der Waals surface area contributed by atoms with Crippen LogP contribution in [0, 0.1) is 0 Å². The molecule has 0 unspecified atom stereocenters. The van der Waals surface area contributed by atoms with Gasteiger partial charge in [-0.15, -0.1) is 34.0 Å². The fourth-order valence-electron chi connectivity index (χ4n) is 8.91. The Labute approximate surface area is 388 Å². The van der Waals surface area contributed by atoms with E-state index in [1.54, 1.807) is 22.7 Å². The Morgan fingerprint density at radius 3 is 1.35 bits per heavy atom. The summed E-state index contributed by atoms with van der Waals surface area (Å²) in [6, 6.07) is 62.2. The standard InChI is InChI=1S/C58H38N4S3/c1-5-15-37(16-6-1)53-43-27-28-44(59-43)54(38-17-7-2-8-18-38)46-31-32-48(61-46)56(40-21-11-4-12-22-40)57-41(35-49(62-57)55(39-19-9-3-10-20-39)47-30-29-45(53)60-47)25-26-42-36-52(50-23-13-33-63-50)65-58(42)51-24-14-34-64-51/h1-36,60-61H/b26-25+,53-43?,53-45?,54-44?,54-46?,55-47?,55-49?,56-48?,57-56?. The van der Waals surface area contributed by atoms with Crippen LogP contribution in [0.25, 0.3) is 116 Å². The zero-order valence-corrected chi connectivity index (χ0v) is 37.4. The minimum Gasteiger partial charge on any atom is -0.354 e. The van der Waals surface area contributed by atoms with E-state index in [0.29, 0.717) is 0 Å². The smallest absolute Gasteiger partial charge is 0.0809 e. The molecule has 0 fully saturated rings. The SMILES string of the molecule is C1=Cc2nc1c(-c1ccccc1)c1ccc([nH]1)c(-c1ccccc1)c1nc(c(-c3ccccc3)c3ccc([nH]3)c2-c2ccccc2)C(/C=C/c2cc(-c3cccs3)sc2-c2cccs2)=C1. The summed E-state index contributed by atoms with van der Waals surface area (Å²) in [5.41, 5.74) is 18.0. The molecule has 4 aromatic carbocycles. The number of benzene rings is 4. The van der Waals surface area contributed by atoms with Gasteiger partial charge in [0.15, 0.2) is 0 Å². The molecule has 2 aliphatic heterocycles. The van der Waals surface area contributed by atoms with Gasteiger partial charge in [-0.1, -0.05) is 146 Å². The van der Waals surface area contributed by atoms with Crippen LogP contribution in [0.4, 0.5) is 0 Å². The lowest BCUT2D eigenvalue weighted by atomic mass is 9.98. The molecule has 308 valence electrons. The molecular formula is C58H38N4S3. The summed E-state index contributed by atoms with van der Waals surface area (Å²) in [7, 11) is 0. The maximum Gasteiger partial charge on any atom is 0.0809 e. The number of fused-ring (bicyclic) bond motifs is 8. The summed E-state index contributed by atoms with van der Waals surface area (Å²) in [6.45, 7) is 0. The molecule has 0 aliphatic carbocycles. The van der Waals surface area contributed by atoms with Gasteiger partial charge < -0.3 is 9.97 Å². The van der Waals surface area contributed by atoms with E-state index in [2.05, 4.69) is 227 Å². The van der Waals surface area contributed by atoms with E-state index in [9.17, 15) is 0 Å². The van der Waals surface area contributed by atoms with Gasteiger partial charge in [0, 0.05) is 64.5 Å². The van der Waals surface area contributed by atoms with Gasteiger partial charge in [-0.3, -0.25) is 0 Å². The topological polar surface area (TPSA) is 57.4 Å². The molecule has 0 amide bonds. The van der Waals surface area contributed by atoms with E-state index in [1.807, 2.05) is 11.3 Å². The van der Waals surface area contributed by atoms with Gasteiger partial charge in [0.2, 0.25) is 0 Å². The normalized spacial score (nSPS) is 12.3. The summed E-state index contributed by atoms with van der Waals surface area (Å²) in [4.78, 5) is 24.1. The first-order chi connectivity index (χ1) is 32.2. The van der Waals surface area contributed by atoms with Crippen molar-refractivity contribution in [3.8, 4) is 64.0 Å². The molecule has 0 saturated heterocycles. The third-order valence-electron chi connectivity index (χ3n) is 11.9. The molecule has 2 aliphatic rings. The molecule has 4 nitrogen and oxygen atoms in total. The predicted molar refractivity (Wildman–Crippen MR) is 280 cm³/mol. The van der Waals surface area contributed by atoms with Gasteiger partial charge in [-0.25, -0.2) is 9.97 Å². The van der Waals surface area contributed by atoms with Gasteiger partial charge in [0.25, 0.3) is 0 Å². The molecule has 8 bridgehead atoms. The zero-order chi connectivity index (χ0) is 43.1.